The van der Waals surface area contributed by atoms with E-state index >= 15 is 0 Å². The molecular formula is C11H14N4O3. The molecule has 2 rings (SSSR count). The molecule has 0 spiro atoms. The van der Waals surface area contributed by atoms with E-state index in [1.807, 2.05) is 0 Å². The minimum atomic E-state index is -0.915. The zero-order valence-corrected chi connectivity index (χ0v) is 9.74. The molecule has 1 saturated carbocycles. The number of aliphatic carboxylic acids is 1. The van der Waals surface area contributed by atoms with Crippen molar-refractivity contribution < 1.29 is 14.7 Å². The van der Waals surface area contributed by atoms with E-state index < -0.39 is 17.8 Å². The van der Waals surface area contributed by atoms with Crippen molar-refractivity contribution in [1.82, 2.24) is 15.2 Å². The van der Waals surface area contributed by atoms with Crippen LogP contribution in [0.15, 0.2) is 12.4 Å². The number of hydrogen-bond donors (Lipinski definition) is 2. The third-order valence-corrected chi connectivity index (χ3v) is 3.14. The minimum Gasteiger partial charge on any atom is -0.481 e. The van der Waals surface area contributed by atoms with Crippen molar-refractivity contribution in [2.75, 3.05) is 5.32 Å². The molecule has 1 heterocycles. The molecule has 1 aromatic heterocycles. The summed E-state index contributed by atoms with van der Waals surface area (Å²) in [6, 6.07) is 0. The largest absolute Gasteiger partial charge is 0.481 e. The lowest BCUT2D eigenvalue weighted by Crippen LogP contribution is -2.36. The van der Waals surface area contributed by atoms with Crippen LogP contribution in [-0.2, 0) is 9.59 Å². The van der Waals surface area contributed by atoms with Gasteiger partial charge in [-0.1, -0.05) is 12.8 Å². The molecule has 2 N–H and O–H groups in total. The van der Waals surface area contributed by atoms with Crippen molar-refractivity contribution in [3.63, 3.8) is 0 Å². The first-order chi connectivity index (χ1) is 8.68. The maximum Gasteiger partial charge on any atom is 0.307 e. The van der Waals surface area contributed by atoms with Gasteiger partial charge in [0.1, 0.15) is 0 Å². The fourth-order valence-corrected chi connectivity index (χ4v) is 2.25. The van der Waals surface area contributed by atoms with Crippen LogP contribution in [0.2, 0.25) is 0 Å². The summed E-state index contributed by atoms with van der Waals surface area (Å²) in [7, 11) is 0. The molecule has 7 heteroatoms. The number of carboxylic acids is 1. The fourth-order valence-electron chi connectivity index (χ4n) is 2.25. The van der Waals surface area contributed by atoms with Gasteiger partial charge in [0.15, 0.2) is 0 Å². The second kappa shape index (κ2) is 5.52. The first-order valence-electron chi connectivity index (χ1n) is 5.86. The van der Waals surface area contributed by atoms with Crippen LogP contribution in [0.3, 0.4) is 0 Å². The van der Waals surface area contributed by atoms with Crippen LogP contribution in [0, 0.1) is 11.8 Å². The molecule has 0 saturated heterocycles. The third-order valence-electron chi connectivity index (χ3n) is 3.14. The summed E-state index contributed by atoms with van der Waals surface area (Å²) in [5.41, 5.74) is 0. The van der Waals surface area contributed by atoms with Crippen LogP contribution < -0.4 is 5.32 Å². The predicted molar refractivity (Wildman–Crippen MR) is 61.5 cm³/mol. The molecule has 0 bridgehead atoms. The van der Waals surface area contributed by atoms with E-state index in [-0.39, 0.29) is 11.9 Å². The summed E-state index contributed by atoms with van der Waals surface area (Å²) in [6.07, 6.45) is 5.67. The number of nitrogens with one attached hydrogen (secondary N) is 1. The van der Waals surface area contributed by atoms with E-state index in [0.29, 0.717) is 12.8 Å². The van der Waals surface area contributed by atoms with Crippen LogP contribution in [0.1, 0.15) is 25.7 Å². The van der Waals surface area contributed by atoms with E-state index in [9.17, 15) is 9.59 Å². The summed E-state index contributed by atoms with van der Waals surface area (Å²) in [4.78, 5) is 26.9. The summed E-state index contributed by atoms with van der Waals surface area (Å²) in [5.74, 6) is -2.27. The van der Waals surface area contributed by atoms with Gasteiger partial charge in [0, 0.05) is 0 Å². The summed E-state index contributed by atoms with van der Waals surface area (Å²) < 4.78 is 0. The number of carbonyl (C=O) groups is 2. The smallest absolute Gasteiger partial charge is 0.307 e. The van der Waals surface area contributed by atoms with Gasteiger partial charge >= 0.3 is 5.97 Å². The lowest BCUT2D eigenvalue weighted by molar-refractivity contribution is -0.147. The SMILES string of the molecule is O=C(O)[C@H]1CCCC[C@H]1C(=O)Nc1nccnn1. The van der Waals surface area contributed by atoms with E-state index in [4.69, 9.17) is 5.11 Å². The van der Waals surface area contributed by atoms with Crippen molar-refractivity contribution in [3.8, 4) is 0 Å². The zero-order valence-electron chi connectivity index (χ0n) is 9.74. The fraction of sp³-hybridized carbons (Fsp3) is 0.545. The van der Waals surface area contributed by atoms with Crippen molar-refractivity contribution in [2.45, 2.75) is 25.7 Å². The van der Waals surface area contributed by atoms with Gasteiger partial charge < -0.3 is 5.11 Å². The van der Waals surface area contributed by atoms with Gasteiger partial charge in [0.25, 0.3) is 0 Å². The monoisotopic (exact) mass is 250 g/mol. The van der Waals surface area contributed by atoms with Crippen molar-refractivity contribution in [3.05, 3.63) is 12.4 Å². The number of amides is 1. The standard InChI is InChI=1S/C11H14N4O3/c16-9(14-11-12-5-6-13-15-11)7-3-1-2-4-8(7)10(17)18/h5-8H,1-4H2,(H,17,18)(H,12,14,15,16)/t7-,8+/m1/s1. The van der Waals surface area contributed by atoms with Crippen LogP contribution in [0.25, 0.3) is 0 Å². The van der Waals surface area contributed by atoms with Crippen LogP contribution in [0.4, 0.5) is 5.95 Å². The quantitative estimate of drug-likeness (QED) is 0.818. The van der Waals surface area contributed by atoms with Crippen LogP contribution in [0.5, 0.6) is 0 Å². The van der Waals surface area contributed by atoms with E-state index in [1.165, 1.54) is 12.4 Å². The molecule has 1 aliphatic rings. The molecule has 1 amide bonds. The maximum absolute atomic E-state index is 12.0. The Balaban J connectivity index is 2.05. The number of aromatic nitrogens is 3. The highest BCUT2D eigenvalue weighted by molar-refractivity contribution is 5.93. The van der Waals surface area contributed by atoms with Gasteiger partial charge in [-0.25, -0.2) is 4.98 Å². The lowest BCUT2D eigenvalue weighted by atomic mass is 9.79. The molecular weight excluding hydrogens is 236 g/mol. The Morgan fingerprint density at radius 3 is 2.56 bits per heavy atom. The molecule has 1 fully saturated rings. The third kappa shape index (κ3) is 2.79. The van der Waals surface area contributed by atoms with Gasteiger partial charge in [0.2, 0.25) is 11.9 Å². The number of nitrogens with zero attached hydrogens (tertiary/aromatic N) is 3. The van der Waals surface area contributed by atoms with Gasteiger partial charge in [-0.3, -0.25) is 14.9 Å². The Bertz CT molecular complexity index is 437. The Morgan fingerprint density at radius 2 is 1.94 bits per heavy atom. The Kier molecular flexibility index (Phi) is 3.81. The highest BCUT2D eigenvalue weighted by Crippen LogP contribution is 2.30. The number of carboxylic acid groups (broad SMARTS) is 1. The number of rotatable bonds is 3. The van der Waals surface area contributed by atoms with Crippen LogP contribution >= 0.6 is 0 Å². The van der Waals surface area contributed by atoms with Gasteiger partial charge in [-0.15, -0.1) is 5.10 Å². The molecule has 0 unspecified atom stereocenters. The first-order valence-corrected chi connectivity index (χ1v) is 5.86. The molecule has 1 aliphatic carbocycles. The molecule has 0 aliphatic heterocycles. The van der Waals surface area contributed by atoms with E-state index in [0.717, 1.165) is 12.8 Å². The van der Waals surface area contributed by atoms with Gasteiger partial charge in [-0.05, 0) is 12.8 Å². The maximum atomic E-state index is 12.0. The lowest BCUT2D eigenvalue weighted by Gasteiger charge is -2.26. The predicted octanol–water partition coefficient (Wildman–Crippen LogP) is 0.701. The number of carbonyl (C=O) groups excluding carboxylic acids is 1. The zero-order chi connectivity index (χ0) is 13.0. The second-order valence-electron chi connectivity index (χ2n) is 4.29. The molecule has 0 radical (unpaired) electrons. The van der Waals surface area contributed by atoms with Crippen molar-refractivity contribution >= 4 is 17.8 Å². The van der Waals surface area contributed by atoms with Crippen LogP contribution in [-0.4, -0.2) is 32.2 Å². The van der Waals surface area contributed by atoms with Gasteiger partial charge in [0.05, 0.1) is 24.2 Å². The molecule has 96 valence electrons. The molecule has 18 heavy (non-hydrogen) atoms. The normalized spacial score (nSPS) is 23.3. The van der Waals surface area contributed by atoms with Crippen molar-refractivity contribution in [2.24, 2.45) is 11.8 Å². The number of anilines is 1. The minimum absolute atomic E-state index is 0.109. The average Bonchev–Trinajstić information content (AvgIpc) is 2.40. The topological polar surface area (TPSA) is 105 Å². The highest BCUT2D eigenvalue weighted by Gasteiger charge is 2.35. The Hall–Kier alpha value is -2.05. The molecule has 0 aromatic carbocycles. The average molecular weight is 250 g/mol. The summed E-state index contributed by atoms with van der Waals surface area (Å²) in [6.45, 7) is 0. The number of hydrogen-bond acceptors (Lipinski definition) is 5. The summed E-state index contributed by atoms with van der Waals surface area (Å²) in [5, 5.41) is 18.8. The Labute approximate surface area is 104 Å². The van der Waals surface area contributed by atoms with E-state index in [2.05, 4.69) is 20.5 Å². The van der Waals surface area contributed by atoms with Crippen molar-refractivity contribution in [1.29, 1.82) is 0 Å². The Morgan fingerprint density at radius 1 is 1.22 bits per heavy atom. The highest BCUT2D eigenvalue weighted by atomic mass is 16.4. The molecule has 1 aromatic rings. The van der Waals surface area contributed by atoms with E-state index in [1.54, 1.807) is 0 Å². The first kappa shape index (κ1) is 12.4. The van der Waals surface area contributed by atoms with Gasteiger partial charge in [-0.2, -0.15) is 5.10 Å². The molecule has 7 nitrogen and oxygen atoms in total. The summed E-state index contributed by atoms with van der Waals surface area (Å²) >= 11 is 0. The molecule has 2 atom stereocenters. The second-order valence-corrected chi connectivity index (χ2v) is 4.29.